The van der Waals surface area contributed by atoms with Crippen molar-refractivity contribution in [1.29, 1.82) is 0 Å². The number of hydrogen-bond acceptors (Lipinski definition) is 1. The van der Waals surface area contributed by atoms with E-state index in [0.717, 1.165) is 0 Å². The predicted molar refractivity (Wildman–Crippen MR) is 69.4 cm³/mol. The minimum absolute atomic E-state index is 1.26. The van der Waals surface area contributed by atoms with Crippen molar-refractivity contribution >= 4 is 17.3 Å². The molecule has 1 aliphatic rings. The summed E-state index contributed by atoms with van der Waals surface area (Å²) in [5.41, 5.74) is 4.38. The fraction of sp³-hybridized carbons (Fsp3) is 0.429. The summed E-state index contributed by atoms with van der Waals surface area (Å²) in [7, 11) is 0. The first-order valence-corrected chi connectivity index (χ1v) is 6.87. The van der Waals surface area contributed by atoms with Crippen LogP contribution in [0.25, 0.3) is 5.57 Å². The third kappa shape index (κ3) is 2.66. The Hall–Kier alpha value is -0.690. The lowest BCUT2D eigenvalue weighted by Gasteiger charge is -2.14. The van der Waals surface area contributed by atoms with Gasteiger partial charge in [0.2, 0.25) is 0 Å². The van der Waals surface area contributed by atoms with Crippen molar-refractivity contribution < 1.29 is 0 Å². The molecule has 1 heteroatoms. The van der Waals surface area contributed by atoms with Crippen LogP contribution in [0.4, 0.5) is 0 Å². The Bertz CT molecular complexity index is 377. The van der Waals surface area contributed by atoms with E-state index in [9.17, 15) is 0 Å². The first-order valence-electron chi connectivity index (χ1n) is 5.64. The van der Waals surface area contributed by atoms with E-state index in [0.29, 0.717) is 0 Å². The van der Waals surface area contributed by atoms with Crippen LogP contribution in [0.5, 0.6) is 0 Å². The summed E-state index contributed by atoms with van der Waals surface area (Å²) in [6, 6.07) is 6.91. The summed E-state index contributed by atoms with van der Waals surface area (Å²) in [4.78, 5) is 1.39. The van der Waals surface area contributed by atoms with Gasteiger partial charge < -0.3 is 0 Å². The molecule has 2 rings (SSSR count). The second-order valence-corrected chi connectivity index (χ2v) is 5.09. The first-order chi connectivity index (χ1) is 7.29. The van der Waals surface area contributed by atoms with E-state index in [-0.39, 0.29) is 0 Å². The molecule has 1 aliphatic carbocycles. The van der Waals surface area contributed by atoms with Crippen molar-refractivity contribution in [3.8, 4) is 0 Å². The maximum atomic E-state index is 2.42. The maximum Gasteiger partial charge on any atom is 0.00778 e. The van der Waals surface area contributed by atoms with E-state index >= 15 is 0 Å². The Morgan fingerprint density at radius 1 is 1.13 bits per heavy atom. The van der Waals surface area contributed by atoms with Crippen LogP contribution in [0.15, 0.2) is 29.2 Å². The first kappa shape index (κ1) is 10.8. The van der Waals surface area contributed by atoms with Crippen molar-refractivity contribution in [2.24, 2.45) is 0 Å². The van der Waals surface area contributed by atoms with E-state index < -0.39 is 0 Å². The van der Waals surface area contributed by atoms with Crippen LogP contribution >= 0.6 is 11.8 Å². The second-order valence-electron chi connectivity index (χ2n) is 4.21. The molecule has 0 amide bonds. The predicted octanol–water partition coefficient (Wildman–Crippen LogP) is 4.67. The molecule has 0 bridgehead atoms. The molecule has 0 nitrogen and oxygen atoms in total. The molecular formula is C14H18S. The van der Waals surface area contributed by atoms with Crippen molar-refractivity contribution in [3.63, 3.8) is 0 Å². The second kappa shape index (κ2) is 4.89. The highest BCUT2D eigenvalue weighted by Gasteiger charge is 2.07. The zero-order chi connectivity index (χ0) is 10.7. The molecular weight excluding hydrogens is 200 g/mol. The van der Waals surface area contributed by atoms with Crippen LogP contribution in [0.1, 0.15) is 36.8 Å². The van der Waals surface area contributed by atoms with Crippen LogP contribution in [-0.2, 0) is 0 Å². The van der Waals surface area contributed by atoms with Crippen LogP contribution in [0, 0.1) is 6.92 Å². The SMILES string of the molecule is CSc1cc(C)cc(C2=CCCCC2)c1. The van der Waals surface area contributed by atoms with Gasteiger partial charge in [0, 0.05) is 4.90 Å². The monoisotopic (exact) mass is 218 g/mol. The molecule has 0 fully saturated rings. The lowest BCUT2D eigenvalue weighted by Crippen LogP contribution is -1.92. The van der Waals surface area contributed by atoms with E-state index in [4.69, 9.17) is 0 Å². The van der Waals surface area contributed by atoms with Gasteiger partial charge in [-0.05, 0) is 67.7 Å². The van der Waals surface area contributed by atoms with Gasteiger partial charge in [-0.25, -0.2) is 0 Å². The molecule has 0 aliphatic heterocycles. The molecule has 1 aromatic rings. The highest BCUT2D eigenvalue weighted by molar-refractivity contribution is 7.98. The van der Waals surface area contributed by atoms with E-state index in [2.05, 4.69) is 37.5 Å². The molecule has 15 heavy (non-hydrogen) atoms. The Balaban J connectivity index is 2.34. The van der Waals surface area contributed by atoms with Crippen molar-refractivity contribution in [1.82, 2.24) is 0 Å². The van der Waals surface area contributed by atoms with Gasteiger partial charge in [0.15, 0.2) is 0 Å². The van der Waals surface area contributed by atoms with Gasteiger partial charge in [-0.2, -0.15) is 0 Å². The highest BCUT2D eigenvalue weighted by atomic mass is 32.2. The average molecular weight is 218 g/mol. The lowest BCUT2D eigenvalue weighted by atomic mass is 9.93. The van der Waals surface area contributed by atoms with Gasteiger partial charge in [0.1, 0.15) is 0 Å². The number of hydrogen-bond donors (Lipinski definition) is 0. The third-order valence-electron chi connectivity index (χ3n) is 2.95. The molecule has 0 aromatic heterocycles. The number of benzene rings is 1. The van der Waals surface area contributed by atoms with Crippen molar-refractivity contribution in [2.45, 2.75) is 37.5 Å². The minimum Gasteiger partial charge on any atom is -0.130 e. The number of allylic oxidation sites excluding steroid dienone is 2. The Morgan fingerprint density at radius 2 is 2.00 bits per heavy atom. The summed E-state index contributed by atoms with van der Waals surface area (Å²) in [6.45, 7) is 2.19. The third-order valence-corrected chi connectivity index (χ3v) is 3.66. The molecule has 0 saturated carbocycles. The quantitative estimate of drug-likeness (QED) is 0.650. The number of rotatable bonds is 2. The maximum absolute atomic E-state index is 2.42. The van der Waals surface area contributed by atoms with Gasteiger partial charge >= 0.3 is 0 Å². The zero-order valence-electron chi connectivity index (χ0n) is 9.55. The van der Waals surface area contributed by atoms with E-state index in [1.54, 1.807) is 5.57 Å². The fourth-order valence-electron chi connectivity index (χ4n) is 2.15. The molecule has 0 saturated heterocycles. The molecule has 0 heterocycles. The van der Waals surface area contributed by atoms with Crippen molar-refractivity contribution in [3.05, 3.63) is 35.4 Å². The summed E-state index contributed by atoms with van der Waals surface area (Å²) < 4.78 is 0. The van der Waals surface area contributed by atoms with Gasteiger partial charge in [-0.1, -0.05) is 12.1 Å². The van der Waals surface area contributed by atoms with E-state index in [1.807, 2.05) is 11.8 Å². The van der Waals surface area contributed by atoms with Crippen LogP contribution in [-0.4, -0.2) is 6.26 Å². The topological polar surface area (TPSA) is 0 Å². The molecule has 0 unspecified atom stereocenters. The van der Waals surface area contributed by atoms with Crippen LogP contribution in [0.2, 0.25) is 0 Å². The van der Waals surface area contributed by atoms with E-state index in [1.165, 1.54) is 41.7 Å². The Morgan fingerprint density at radius 3 is 2.67 bits per heavy atom. The molecule has 0 radical (unpaired) electrons. The lowest BCUT2D eigenvalue weighted by molar-refractivity contribution is 0.742. The van der Waals surface area contributed by atoms with Crippen LogP contribution in [0.3, 0.4) is 0 Å². The smallest absolute Gasteiger partial charge is 0.00778 e. The fourth-order valence-corrected chi connectivity index (χ4v) is 2.70. The molecule has 0 N–H and O–H groups in total. The van der Waals surface area contributed by atoms with Gasteiger partial charge in [0.05, 0.1) is 0 Å². The summed E-state index contributed by atoms with van der Waals surface area (Å²) in [5, 5.41) is 0. The van der Waals surface area contributed by atoms with Crippen LogP contribution < -0.4 is 0 Å². The molecule has 0 atom stereocenters. The average Bonchev–Trinajstić information content (AvgIpc) is 2.29. The van der Waals surface area contributed by atoms with Gasteiger partial charge in [0.25, 0.3) is 0 Å². The standard InChI is InChI=1S/C14H18S/c1-11-8-13(10-14(9-11)15-2)12-6-4-3-5-7-12/h6,8-10H,3-5,7H2,1-2H3. The normalized spacial score (nSPS) is 16.3. The summed E-state index contributed by atoms with van der Waals surface area (Å²) >= 11 is 1.83. The van der Waals surface area contributed by atoms with Gasteiger partial charge in [-0.3, -0.25) is 0 Å². The number of thioether (sulfide) groups is 1. The molecule has 0 spiro atoms. The largest absolute Gasteiger partial charge is 0.130 e. The van der Waals surface area contributed by atoms with Gasteiger partial charge in [-0.15, -0.1) is 11.8 Å². The molecule has 80 valence electrons. The summed E-state index contributed by atoms with van der Waals surface area (Å²) in [6.07, 6.45) is 9.81. The zero-order valence-corrected chi connectivity index (χ0v) is 10.4. The van der Waals surface area contributed by atoms with Crippen molar-refractivity contribution in [2.75, 3.05) is 6.26 Å². The Labute approximate surface area is 96.8 Å². The highest BCUT2D eigenvalue weighted by Crippen LogP contribution is 2.29. The summed E-state index contributed by atoms with van der Waals surface area (Å²) in [5.74, 6) is 0. The number of aryl methyl sites for hydroxylation is 1. The minimum atomic E-state index is 1.26. The Kier molecular flexibility index (Phi) is 3.53. The molecule has 1 aromatic carbocycles.